The van der Waals surface area contributed by atoms with Crippen LogP contribution in [0.1, 0.15) is 5.56 Å². The molecule has 0 aliphatic carbocycles. The van der Waals surface area contributed by atoms with Crippen LogP contribution in [0.3, 0.4) is 0 Å². The molecule has 0 aliphatic rings. The Morgan fingerprint density at radius 1 is 1.30 bits per heavy atom. The summed E-state index contributed by atoms with van der Waals surface area (Å²) in [6, 6.07) is 7.53. The topological polar surface area (TPSA) is 38.8 Å². The highest BCUT2D eigenvalue weighted by atomic mass is 79.9. The molecule has 0 bridgehead atoms. The Morgan fingerprint density at radius 3 is 2.20 bits per heavy atom. The molecule has 0 N–H and O–H groups in total. The average Bonchev–Trinajstić information content (AvgIpc) is 2.44. The molecule has 0 amide bonds. The minimum Gasteiger partial charge on any atom is -0.311 e. The molecule has 7 heteroatoms. The first-order valence-corrected chi connectivity index (χ1v) is 8.63. The molecule has 1 atom stereocenters. The van der Waals surface area contributed by atoms with Crippen LogP contribution in [0, 0.1) is 0 Å². The van der Waals surface area contributed by atoms with Crippen LogP contribution in [-0.4, -0.2) is 39.0 Å². The van der Waals surface area contributed by atoms with Crippen molar-refractivity contribution >= 4 is 40.2 Å². The van der Waals surface area contributed by atoms with Gasteiger partial charge in [0, 0.05) is 23.7 Å². The standard InChI is InChI=1S/C13H18BrClNO3P/c1-16(2)13(20(17,18-3)19-4)9-12(15)10-5-7-11(14)8-6-10/h5-9,13H,1-4H3/b12-9-. The van der Waals surface area contributed by atoms with Crippen LogP contribution in [0.5, 0.6) is 0 Å². The normalized spacial score (nSPS) is 14.7. The number of halogens is 2. The first kappa shape index (κ1) is 17.9. The lowest BCUT2D eigenvalue weighted by Gasteiger charge is -2.27. The molecule has 0 radical (unpaired) electrons. The summed E-state index contributed by atoms with van der Waals surface area (Å²) >= 11 is 9.67. The maximum atomic E-state index is 12.5. The Hall–Kier alpha value is -0.160. The van der Waals surface area contributed by atoms with E-state index in [-0.39, 0.29) is 0 Å². The van der Waals surface area contributed by atoms with Crippen molar-refractivity contribution in [2.45, 2.75) is 5.78 Å². The summed E-state index contributed by atoms with van der Waals surface area (Å²) in [4.78, 5) is 1.75. The predicted octanol–water partition coefficient (Wildman–Crippen LogP) is 4.40. The van der Waals surface area contributed by atoms with Gasteiger partial charge in [-0.05, 0) is 37.9 Å². The molecule has 4 nitrogen and oxygen atoms in total. The summed E-state index contributed by atoms with van der Waals surface area (Å²) in [5.41, 5.74) is 0.834. The van der Waals surface area contributed by atoms with Gasteiger partial charge in [0.05, 0.1) is 0 Å². The van der Waals surface area contributed by atoms with Crippen LogP contribution < -0.4 is 0 Å². The van der Waals surface area contributed by atoms with Crippen molar-refractivity contribution in [2.75, 3.05) is 28.3 Å². The van der Waals surface area contributed by atoms with Gasteiger partial charge in [0.2, 0.25) is 0 Å². The molecule has 1 aromatic rings. The summed E-state index contributed by atoms with van der Waals surface area (Å²) in [6.07, 6.45) is 1.68. The monoisotopic (exact) mass is 381 g/mol. The van der Waals surface area contributed by atoms with Gasteiger partial charge in [0.1, 0.15) is 5.78 Å². The number of hydrogen-bond acceptors (Lipinski definition) is 4. The van der Waals surface area contributed by atoms with E-state index in [4.69, 9.17) is 20.6 Å². The van der Waals surface area contributed by atoms with E-state index in [0.717, 1.165) is 10.0 Å². The van der Waals surface area contributed by atoms with Crippen molar-refractivity contribution in [3.63, 3.8) is 0 Å². The molecule has 0 fully saturated rings. The van der Waals surface area contributed by atoms with Crippen LogP contribution >= 0.6 is 35.1 Å². The molecular weight excluding hydrogens is 364 g/mol. The first-order valence-electron chi connectivity index (χ1n) is 5.85. The molecule has 0 heterocycles. The molecule has 0 aromatic heterocycles. The Balaban J connectivity index is 3.14. The zero-order chi connectivity index (χ0) is 15.3. The van der Waals surface area contributed by atoms with Crippen molar-refractivity contribution in [2.24, 2.45) is 0 Å². The lowest BCUT2D eigenvalue weighted by Crippen LogP contribution is -2.27. The lowest BCUT2D eigenvalue weighted by molar-refractivity contribution is 0.242. The second kappa shape index (κ2) is 7.74. The molecule has 1 unspecified atom stereocenters. The average molecular weight is 383 g/mol. The lowest BCUT2D eigenvalue weighted by atomic mass is 10.2. The fourth-order valence-corrected chi connectivity index (χ4v) is 3.73. The third-order valence-corrected chi connectivity index (χ3v) is 5.93. The van der Waals surface area contributed by atoms with Crippen LogP contribution in [0.4, 0.5) is 0 Å². The van der Waals surface area contributed by atoms with Crippen LogP contribution in [0.25, 0.3) is 5.03 Å². The Bertz CT molecular complexity index is 511. The number of likely N-dealkylation sites (N-methyl/N-ethyl adjacent to an activating group) is 1. The van der Waals surface area contributed by atoms with Crippen molar-refractivity contribution < 1.29 is 13.6 Å². The maximum absolute atomic E-state index is 12.5. The van der Waals surface area contributed by atoms with E-state index in [1.165, 1.54) is 14.2 Å². The SMILES string of the molecule is COP(=O)(OC)C(/C=C(\Cl)c1ccc(Br)cc1)N(C)C. The van der Waals surface area contributed by atoms with Crippen molar-refractivity contribution in [1.29, 1.82) is 0 Å². The molecule has 0 saturated carbocycles. The van der Waals surface area contributed by atoms with Gasteiger partial charge >= 0.3 is 7.60 Å². The zero-order valence-corrected chi connectivity index (χ0v) is 15.1. The number of rotatable bonds is 6. The smallest absolute Gasteiger partial charge is 0.311 e. The second-order valence-electron chi connectivity index (χ2n) is 4.30. The molecule has 0 aliphatic heterocycles. The predicted molar refractivity (Wildman–Crippen MR) is 87.1 cm³/mol. The number of benzene rings is 1. The van der Waals surface area contributed by atoms with Crippen molar-refractivity contribution in [3.8, 4) is 0 Å². The highest BCUT2D eigenvalue weighted by Gasteiger charge is 2.34. The first-order chi connectivity index (χ1) is 9.34. The van der Waals surface area contributed by atoms with E-state index in [1.54, 1.807) is 25.1 Å². The van der Waals surface area contributed by atoms with Crippen LogP contribution in [0.2, 0.25) is 0 Å². The van der Waals surface area contributed by atoms with Gasteiger partial charge in [0.15, 0.2) is 0 Å². The highest BCUT2D eigenvalue weighted by Crippen LogP contribution is 2.53. The molecule has 1 rings (SSSR count). The molecule has 20 heavy (non-hydrogen) atoms. The summed E-state index contributed by atoms with van der Waals surface area (Å²) in [5.74, 6) is -0.561. The Labute approximate surface area is 133 Å². The van der Waals surface area contributed by atoms with E-state index >= 15 is 0 Å². The number of hydrogen-bond donors (Lipinski definition) is 0. The molecule has 0 saturated heterocycles. The van der Waals surface area contributed by atoms with Crippen molar-refractivity contribution in [1.82, 2.24) is 4.90 Å². The summed E-state index contributed by atoms with van der Waals surface area (Å²) in [7, 11) is 3.03. The summed E-state index contributed by atoms with van der Waals surface area (Å²) in [6.45, 7) is 0. The summed E-state index contributed by atoms with van der Waals surface area (Å²) in [5, 5.41) is 0.491. The zero-order valence-electron chi connectivity index (χ0n) is 11.8. The second-order valence-corrected chi connectivity index (χ2v) is 7.97. The minimum absolute atomic E-state index is 0.491. The molecule has 112 valence electrons. The van der Waals surface area contributed by atoms with Gasteiger partial charge in [-0.25, -0.2) is 0 Å². The third-order valence-electron chi connectivity index (χ3n) is 2.78. The molecule has 1 aromatic carbocycles. The van der Waals surface area contributed by atoms with Gasteiger partial charge in [-0.2, -0.15) is 0 Å². The van der Waals surface area contributed by atoms with E-state index in [2.05, 4.69) is 15.9 Å². The van der Waals surface area contributed by atoms with Crippen LogP contribution in [0.15, 0.2) is 34.8 Å². The van der Waals surface area contributed by atoms with E-state index < -0.39 is 13.4 Å². The highest BCUT2D eigenvalue weighted by molar-refractivity contribution is 9.10. The van der Waals surface area contributed by atoms with Gasteiger partial charge in [-0.3, -0.25) is 9.46 Å². The third kappa shape index (κ3) is 4.42. The largest absolute Gasteiger partial charge is 0.351 e. The Morgan fingerprint density at radius 2 is 1.80 bits per heavy atom. The van der Waals surface area contributed by atoms with Crippen molar-refractivity contribution in [3.05, 3.63) is 40.4 Å². The molecule has 0 spiro atoms. The van der Waals surface area contributed by atoms with E-state index in [9.17, 15) is 4.57 Å². The Kier molecular flexibility index (Phi) is 6.92. The van der Waals surface area contributed by atoms with Gasteiger partial charge in [-0.1, -0.05) is 39.7 Å². The van der Waals surface area contributed by atoms with Crippen LogP contribution in [-0.2, 0) is 13.6 Å². The van der Waals surface area contributed by atoms with Gasteiger partial charge in [-0.15, -0.1) is 0 Å². The summed E-state index contributed by atoms with van der Waals surface area (Å²) < 4.78 is 23.6. The van der Waals surface area contributed by atoms with E-state index in [0.29, 0.717) is 5.03 Å². The maximum Gasteiger partial charge on any atom is 0.351 e. The minimum atomic E-state index is -3.28. The molecular formula is C13H18BrClNO3P. The fourth-order valence-electron chi connectivity index (χ4n) is 1.65. The quantitative estimate of drug-likeness (QED) is 0.684. The van der Waals surface area contributed by atoms with E-state index in [1.807, 2.05) is 24.3 Å². The number of nitrogens with zero attached hydrogens (tertiary/aromatic N) is 1. The van der Waals surface area contributed by atoms with Gasteiger partial charge < -0.3 is 9.05 Å². The van der Waals surface area contributed by atoms with Gasteiger partial charge in [0.25, 0.3) is 0 Å². The fraction of sp³-hybridized carbons (Fsp3) is 0.385.